The van der Waals surface area contributed by atoms with E-state index >= 15 is 0 Å². The van der Waals surface area contributed by atoms with Crippen LogP contribution in [0, 0.1) is 5.92 Å². The lowest BCUT2D eigenvalue weighted by Crippen LogP contribution is -2.47. The van der Waals surface area contributed by atoms with Crippen LogP contribution < -0.4 is 0 Å². The van der Waals surface area contributed by atoms with Crippen LogP contribution in [0.4, 0.5) is 0 Å². The number of hydrogen-bond acceptors (Lipinski definition) is 4. The molecule has 0 spiro atoms. The molecule has 0 bridgehead atoms. The van der Waals surface area contributed by atoms with Crippen LogP contribution in [0.2, 0.25) is 0 Å². The number of amides is 1. The van der Waals surface area contributed by atoms with Crippen LogP contribution in [0.5, 0.6) is 0 Å². The van der Waals surface area contributed by atoms with Crippen LogP contribution in [-0.4, -0.2) is 72.5 Å². The molecular formula is C23H37N3O2. The molecule has 0 N–H and O–H groups in total. The second-order valence-corrected chi connectivity index (χ2v) is 9.07. The van der Waals surface area contributed by atoms with Gasteiger partial charge in [0.15, 0.2) is 5.76 Å². The Hall–Kier alpha value is -1.33. The maximum atomic E-state index is 13.1. The van der Waals surface area contributed by atoms with Crippen molar-refractivity contribution in [3.05, 3.63) is 24.2 Å². The molecule has 1 saturated carbocycles. The summed E-state index contributed by atoms with van der Waals surface area (Å²) in [7, 11) is 0. The molecule has 5 heteroatoms. The summed E-state index contributed by atoms with van der Waals surface area (Å²) in [4.78, 5) is 20.4. The van der Waals surface area contributed by atoms with Gasteiger partial charge in [-0.05, 0) is 76.2 Å². The van der Waals surface area contributed by atoms with E-state index in [9.17, 15) is 4.79 Å². The number of likely N-dealkylation sites (tertiary alicyclic amines) is 2. The van der Waals surface area contributed by atoms with Crippen LogP contribution in [0.3, 0.4) is 0 Å². The molecule has 156 valence electrons. The fourth-order valence-electron chi connectivity index (χ4n) is 5.44. The second kappa shape index (κ2) is 9.93. The average molecular weight is 388 g/mol. The van der Waals surface area contributed by atoms with E-state index in [0.29, 0.717) is 11.7 Å². The smallest absolute Gasteiger partial charge is 0.289 e. The molecule has 0 radical (unpaired) electrons. The zero-order chi connectivity index (χ0) is 19.2. The number of hydrogen-bond donors (Lipinski definition) is 0. The third-order valence-corrected chi connectivity index (χ3v) is 7.02. The molecule has 3 heterocycles. The van der Waals surface area contributed by atoms with Crippen LogP contribution in [0.15, 0.2) is 22.8 Å². The SMILES string of the molecule is O=C(c1ccco1)N(CCN1CCCCC1)CC1CCCN(C2CCCC2)C1. The van der Waals surface area contributed by atoms with Crippen molar-refractivity contribution in [2.24, 2.45) is 5.92 Å². The lowest BCUT2D eigenvalue weighted by Gasteiger charge is -2.39. The van der Waals surface area contributed by atoms with Crippen molar-refractivity contribution in [2.45, 2.75) is 63.8 Å². The molecule has 5 nitrogen and oxygen atoms in total. The molecule has 0 aromatic carbocycles. The molecule has 1 aromatic heterocycles. The fourth-order valence-corrected chi connectivity index (χ4v) is 5.44. The summed E-state index contributed by atoms with van der Waals surface area (Å²) in [6.07, 6.45) is 13.6. The first-order chi connectivity index (χ1) is 13.8. The van der Waals surface area contributed by atoms with E-state index < -0.39 is 0 Å². The standard InChI is InChI=1S/C23H37N3O2/c27-23(22-11-7-17-28-22)26(16-15-24-12-4-1-5-13-24)19-20-8-6-14-25(18-20)21-9-2-3-10-21/h7,11,17,20-21H,1-6,8-10,12-16,18-19H2. The fraction of sp³-hybridized carbons (Fsp3) is 0.783. The lowest BCUT2D eigenvalue weighted by molar-refractivity contribution is 0.0582. The van der Waals surface area contributed by atoms with Crippen molar-refractivity contribution in [3.8, 4) is 0 Å². The Labute approximate surface area is 170 Å². The van der Waals surface area contributed by atoms with Gasteiger partial charge >= 0.3 is 0 Å². The zero-order valence-corrected chi connectivity index (χ0v) is 17.4. The van der Waals surface area contributed by atoms with Gasteiger partial charge in [-0.1, -0.05) is 19.3 Å². The van der Waals surface area contributed by atoms with Gasteiger partial charge in [-0.25, -0.2) is 0 Å². The quantitative estimate of drug-likeness (QED) is 0.712. The van der Waals surface area contributed by atoms with Gasteiger partial charge in [-0.15, -0.1) is 0 Å². The molecule has 3 aliphatic rings. The van der Waals surface area contributed by atoms with Gasteiger partial charge in [0.2, 0.25) is 0 Å². The van der Waals surface area contributed by atoms with Crippen LogP contribution >= 0.6 is 0 Å². The van der Waals surface area contributed by atoms with Crippen molar-refractivity contribution in [2.75, 3.05) is 45.8 Å². The van der Waals surface area contributed by atoms with Gasteiger partial charge in [0.05, 0.1) is 6.26 Å². The van der Waals surface area contributed by atoms with E-state index in [1.807, 2.05) is 12.1 Å². The minimum Gasteiger partial charge on any atom is -0.459 e. The average Bonchev–Trinajstić information content (AvgIpc) is 3.46. The van der Waals surface area contributed by atoms with Gasteiger partial charge in [0.1, 0.15) is 0 Å². The molecular weight excluding hydrogens is 350 g/mol. The minimum atomic E-state index is 0.0694. The highest BCUT2D eigenvalue weighted by molar-refractivity contribution is 5.91. The van der Waals surface area contributed by atoms with Gasteiger partial charge < -0.3 is 19.1 Å². The largest absolute Gasteiger partial charge is 0.459 e. The number of furan rings is 1. The number of carbonyl (C=O) groups excluding carboxylic acids is 1. The van der Waals surface area contributed by atoms with Gasteiger partial charge in [-0.2, -0.15) is 0 Å². The molecule has 28 heavy (non-hydrogen) atoms. The maximum absolute atomic E-state index is 13.1. The number of piperidine rings is 2. The highest BCUT2D eigenvalue weighted by Gasteiger charge is 2.30. The Balaban J connectivity index is 1.36. The van der Waals surface area contributed by atoms with Crippen molar-refractivity contribution >= 4 is 5.91 Å². The van der Waals surface area contributed by atoms with Gasteiger partial charge in [-0.3, -0.25) is 4.79 Å². The van der Waals surface area contributed by atoms with E-state index in [-0.39, 0.29) is 5.91 Å². The molecule has 1 unspecified atom stereocenters. The number of nitrogens with zero attached hydrogens (tertiary/aromatic N) is 3. The van der Waals surface area contributed by atoms with E-state index in [2.05, 4.69) is 14.7 Å². The highest BCUT2D eigenvalue weighted by atomic mass is 16.3. The molecule has 1 atom stereocenters. The van der Waals surface area contributed by atoms with Gasteiger partial charge in [0.25, 0.3) is 5.91 Å². The van der Waals surface area contributed by atoms with E-state index in [0.717, 1.165) is 32.2 Å². The predicted octanol–water partition coefficient (Wildman–Crippen LogP) is 3.86. The first kappa shape index (κ1) is 20.0. The normalized spacial score (nSPS) is 25.2. The summed E-state index contributed by atoms with van der Waals surface area (Å²) >= 11 is 0. The Kier molecular flexibility index (Phi) is 7.08. The molecule has 1 amide bonds. The Morgan fingerprint density at radius 1 is 1.04 bits per heavy atom. The Bertz CT molecular complexity index is 591. The van der Waals surface area contributed by atoms with Crippen molar-refractivity contribution < 1.29 is 9.21 Å². The molecule has 1 aromatic rings. The van der Waals surface area contributed by atoms with Crippen molar-refractivity contribution in [1.82, 2.24) is 14.7 Å². The second-order valence-electron chi connectivity index (χ2n) is 9.07. The summed E-state index contributed by atoms with van der Waals surface area (Å²) in [6, 6.07) is 4.42. The monoisotopic (exact) mass is 387 g/mol. The molecule has 1 aliphatic carbocycles. The predicted molar refractivity (Wildman–Crippen MR) is 111 cm³/mol. The first-order valence-electron chi connectivity index (χ1n) is 11.6. The Morgan fingerprint density at radius 3 is 2.61 bits per heavy atom. The van der Waals surface area contributed by atoms with E-state index in [1.54, 1.807) is 6.26 Å². The topological polar surface area (TPSA) is 39.9 Å². The van der Waals surface area contributed by atoms with Crippen LogP contribution in [0.25, 0.3) is 0 Å². The van der Waals surface area contributed by atoms with Crippen molar-refractivity contribution in [3.63, 3.8) is 0 Å². The number of carbonyl (C=O) groups is 1. The van der Waals surface area contributed by atoms with E-state index in [1.165, 1.54) is 77.4 Å². The Morgan fingerprint density at radius 2 is 1.86 bits per heavy atom. The maximum Gasteiger partial charge on any atom is 0.289 e. The summed E-state index contributed by atoms with van der Waals surface area (Å²) in [5.74, 6) is 1.15. The highest BCUT2D eigenvalue weighted by Crippen LogP contribution is 2.28. The third-order valence-electron chi connectivity index (χ3n) is 7.02. The summed E-state index contributed by atoms with van der Waals surface area (Å²) in [6.45, 7) is 7.46. The molecule has 4 rings (SSSR count). The molecule has 2 aliphatic heterocycles. The third kappa shape index (κ3) is 5.18. The minimum absolute atomic E-state index is 0.0694. The van der Waals surface area contributed by atoms with Crippen LogP contribution in [-0.2, 0) is 0 Å². The van der Waals surface area contributed by atoms with Crippen LogP contribution in [0.1, 0.15) is 68.3 Å². The lowest BCUT2D eigenvalue weighted by atomic mass is 9.95. The van der Waals surface area contributed by atoms with Crippen molar-refractivity contribution in [1.29, 1.82) is 0 Å². The van der Waals surface area contributed by atoms with E-state index in [4.69, 9.17) is 4.42 Å². The summed E-state index contributed by atoms with van der Waals surface area (Å²) in [5, 5.41) is 0. The summed E-state index contributed by atoms with van der Waals surface area (Å²) in [5.41, 5.74) is 0. The summed E-state index contributed by atoms with van der Waals surface area (Å²) < 4.78 is 5.44. The molecule has 3 fully saturated rings. The first-order valence-corrected chi connectivity index (χ1v) is 11.6. The molecule has 2 saturated heterocycles. The zero-order valence-electron chi connectivity index (χ0n) is 17.4. The van der Waals surface area contributed by atoms with Gasteiger partial charge in [0, 0.05) is 32.2 Å². The number of rotatable bonds is 7.